The monoisotopic (exact) mass is 419 g/mol. The minimum atomic E-state index is -2.32. The van der Waals surface area contributed by atoms with Crippen LogP contribution in [0, 0.1) is 47.5 Å². The quantitative estimate of drug-likeness (QED) is 0.666. The fourth-order valence-electron chi connectivity index (χ4n) is 7.44. The average molecular weight is 420 g/mol. The second-order valence-corrected chi connectivity index (χ2v) is 13.8. The molecule has 160 valence electrons. The molecule has 3 atom stereocenters. The number of benzene rings is 2. The number of hydrogen-bond donors (Lipinski definition) is 0. The van der Waals surface area contributed by atoms with Gasteiger partial charge in [-0.3, -0.25) is 4.90 Å². The number of nitrogens with zero attached hydrogens (tertiary/aromatic N) is 1. The van der Waals surface area contributed by atoms with Gasteiger partial charge in [0.15, 0.2) is 0 Å². The lowest BCUT2D eigenvalue weighted by atomic mass is 9.89. The van der Waals surface area contributed by atoms with Crippen molar-refractivity contribution in [3.63, 3.8) is 0 Å². The highest BCUT2D eigenvalue weighted by molar-refractivity contribution is 6.99. The van der Waals surface area contributed by atoms with Gasteiger partial charge in [-0.1, -0.05) is 35.4 Å². The summed E-state index contributed by atoms with van der Waals surface area (Å²) in [5.74, 6) is 0.719. The van der Waals surface area contributed by atoms with E-state index in [1.165, 1.54) is 71.8 Å². The molecule has 3 fully saturated rings. The van der Waals surface area contributed by atoms with Crippen molar-refractivity contribution < 1.29 is 4.43 Å². The molecule has 0 aliphatic carbocycles. The third-order valence-corrected chi connectivity index (χ3v) is 13.1. The van der Waals surface area contributed by atoms with Crippen molar-refractivity contribution in [3.8, 4) is 0 Å². The van der Waals surface area contributed by atoms with Gasteiger partial charge in [0, 0.05) is 6.04 Å². The first-order valence-corrected chi connectivity index (χ1v) is 14.0. The van der Waals surface area contributed by atoms with Crippen molar-refractivity contribution in [2.24, 2.45) is 5.92 Å². The Hall–Kier alpha value is -1.42. The molecule has 0 N–H and O–H groups in total. The Morgan fingerprint density at radius 3 is 1.83 bits per heavy atom. The minimum absolute atomic E-state index is 0.424. The lowest BCUT2D eigenvalue weighted by Gasteiger charge is -2.39. The molecule has 2 aromatic rings. The van der Waals surface area contributed by atoms with Gasteiger partial charge in [0.1, 0.15) is 0 Å². The van der Waals surface area contributed by atoms with Crippen LogP contribution < -0.4 is 10.4 Å². The Labute approximate surface area is 183 Å². The Morgan fingerprint density at radius 1 is 0.767 bits per heavy atom. The standard InChI is InChI=1S/C27H37NOSi/c1-17-12-19(3)26(20(4)13-17)30(27-21(5)14-18(2)15-22(27)6)16-23-9-11-28-10-7-8-24(28)25(23)29-30/h12-15,23-25H,7-11,16H2,1-6H3/t23-,24+,25+/m0/s1. The molecule has 3 aliphatic heterocycles. The van der Waals surface area contributed by atoms with Crippen molar-refractivity contribution in [2.45, 2.75) is 79.0 Å². The fourth-order valence-corrected chi connectivity index (χ4v) is 13.3. The molecule has 0 aromatic heterocycles. The van der Waals surface area contributed by atoms with E-state index >= 15 is 0 Å². The van der Waals surface area contributed by atoms with Crippen molar-refractivity contribution in [3.05, 3.63) is 57.6 Å². The lowest BCUT2D eigenvalue weighted by molar-refractivity contribution is 0.0341. The Morgan fingerprint density at radius 2 is 1.30 bits per heavy atom. The van der Waals surface area contributed by atoms with Crippen LogP contribution in [0.5, 0.6) is 0 Å². The van der Waals surface area contributed by atoms with Crippen molar-refractivity contribution >= 4 is 18.7 Å². The summed E-state index contributed by atoms with van der Waals surface area (Å²) in [5.41, 5.74) is 8.52. The first-order chi connectivity index (χ1) is 14.3. The predicted molar refractivity (Wildman–Crippen MR) is 129 cm³/mol. The molecule has 0 unspecified atom stereocenters. The molecule has 3 aliphatic rings. The topological polar surface area (TPSA) is 12.5 Å². The molecule has 3 heterocycles. The number of hydrogen-bond acceptors (Lipinski definition) is 2. The number of rotatable bonds is 2. The Balaban J connectivity index is 1.73. The summed E-state index contributed by atoms with van der Waals surface area (Å²) in [4.78, 5) is 2.73. The van der Waals surface area contributed by atoms with Crippen LogP contribution in [0.25, 0.3) is 0 Å². The molecule has 0 spiro atoms. The van der Waals surface area contributed by atoms with Crippen LogP contribution >= 0.6 is 0 Å². The molecule has 2 nitrogen and oxygen atoms in total. The number of fused-ring (bicyclic) bond motifs is 3. The van der Waals surface area contributed by atoms with Crippen molar-refractivity contribution in [2.75, 3.05) is 13.1 Å². The second-order valence-electron chi connectivity index (χ2n) is 10.5. The van der Waals surface area contributed by atoms with E-state index in [2.05, 4.69) is 70.7 Å². The van der Waals surface area contributed by atoms with Gasteiger partial charge in [0.2, 0.25) is 0 Å². The van der Waals surface area contributed by atoms with E-state index in [1.54, 1.807) is 10.4 Å². The Bertz CT molecular complexity index is 893. The highest BCUT2D eigenvalue weighted by Crippen LogP contribution is 2.44. The van der Waals surface area contributed by atoms with Crippen molar-refractivity contribution in [1.82, 2.24) is 4.90 Å². The smallest absolute Gasteiger partial charge is 0.257 e. The van der Waals surface area contributed by atoms with E-state index in [0.29, 0.717) is 12.1 Å². The van der Waals surface area contributed by atoms with Crippen LogP contribution in [-0.2, 0) is 4.43 Å². The van der Waals surface area contributed by atoms with Crippen LogP contribution in [0.2, 0.25) is 6.04 Å². The van der Waals surface area contributed by atoms with Crippen LogP contribution in [-0.4, -0.2) is 38.5 Å². The third kappa shape index (κ3) is 3.04. The van der Waals surface area contributed by atoms with E-state index in [-0.39, 0.29) is 0 Å². The third-order valence-electron chi connectivity index (χ3n) is 8.09. The average Bonchev–Trinajstić information content (AvgIpc) is 3.24. The minimum Gasteiger partial charge on any atom is -0.403 e. The van der Waals surface area contributed by atoms with Crippen molar-refractivity contribution in [1.29, 1.82) is 0 Å². The summed E-state index contributed by atoms with van der Waals surface area (Å²) < 4.78 is 7.54. The highest BCUT2D eigenvalue weighted by atomic mass is 28.4. The highest BCUT2D eigenvalue weighted by Gasteiger charge is 2.57. The van der Waals surface area contributed by atoms with Gasteiger partial charge in [-0.2, -0.15) is 0 Å². The molecule has 2 aromatic carbocycles. The molecule has 3 saturated heterocycles. The molecule has 0 saturated carbocycles. The summed E-state index contributed by atoms with van der Waals surface area (Å²) >= 11 is 0. The van der Waals surface area contributed by atoms with Crippen LogP contribution in [0.3, 0.4) is 0 Å². The molecule has 3 heteroatoms. The molecule has 0 radical (unpaired) electrons. The van der Waals surface area contributed by atoms with E-state index < -0.39 is 8.32 Å². The molecule has 0 bridgehead atoms. The van der Waals surface area contributed by atoms with Gasteiger partial charge in [0.05, 0.1) is 6.10 Å². The maximum absolute atomic E-state index is 7.54. The van der Waals surface area contributed by atoms with E-state index in [9.17, 15) is 0 Å². The Kier molecular flexibility index (Phi) is 5.00. The first-order valence-electron chi connectivity index (χ1n) is 11.9. The summed E-state index contributed by atoms with van der Waals surface area (Å²) in [7, 11) is -2.32. The molecule has 5 rings (SSSR count). The van der Waals surface area contributed by atoms with E-state index in [4.69, 9.17) is 4.43 Å². The summed E-state index contributed by atoms with van der Waals surface area (Å²) in [6.45, 7) is 16.3. The summed E-state index contributed by atoms with van der Waals surface area (Å²) in [5, 5.41) is 3.14. The van der Waals surface area contributed by atoms with E-state index in [0.717, 1.165) is 5.92 Å². The van der Waals surface area contributed by atoms with Crippen LogP contribution in [0.4, 0.5) is 0 Å². The molecule has 0 amide bonds. The number of aryl methyl sites for hydroxylation is 6. The summed E-state index contributed by atoms with van der Waals surface area (Å²) in [6.07, 6.45) is 4.40. The molecular weight excluding hydrogens is 382 g/mol. The number of piperidine rings is 1. The molecular formula is C27H37NOSi. The zero-order chi connectivity index (χ0) is 21.2. The summed E-state index contributed by atoms with van der Waals surface area (Å²) in [6, 6.07) is 11.5. The maximum Gasteiger partial charge on any atom is 0.257 e. The van der Waals surface area contributed by atoms with Gasteiger partial charge in [-0.05, 0) is 118 Å². The van der Waals surface area contributed by atoms with Gasteiger partial charge in [-0.25, -0.2) is 0 Å². The van der Waals surface area contributed by atoms with Gasteiger partial charge in [-0.15, -0.1) is 0 Å². The second kappa shape index (κ2) is 7.32. The normalized spacial score (nSPS) is 27.9. The van der Waals surface area contributed by atoms with Gasteiger partial charge in [0.25, 0.3) is 8.32 Å². The predicted octanol–water partition coefficient (Wildman–Crippen LogP) is 4.48. The largest absolute Gasteiger partial charge is 0.403 e. The van der Waals surface area contributed by atoms with Gasteiger partial charge < -0.3 is 4.43 Å². The first kappa shape index (κ1) is 20.5. The van der Waals surface area contributed by atoms with Gasteiger partial charge >= 0.3 is 0 Å². The van der Waals surface area contributed by atoms with Crippen LogP contribution in [0.1, 0.15) is 52.6 Å². The SMILES string of the molecule is Cc1cc(C)c([Si]2(c3c(C)cc(C)cc3C)C[C@@H]3CCN4CCC[C@@H]4[C@@H]3O2)c(C)c1. The fraction of sp³-hybridized carbons (Fsp3) is 0.556. The zero-order valence-corrected chi connectivity index (χ0v) is 20.6. The molecule has 30 heavy (non-hydrogen) atoms. The maximum atomic E-state index is 7.54. The van der Waals surface area contributed by atoms with Crippen LogP contribution in [0.15, 0.2) is 24.3 Å². The zero-order valence-electron chi connectivity index (χ0n) is 19.6. The van der Waals surface area contributed by atoms with E-state index in [1.807, 2.05) is 0 Å². The lowest BCUT2D eigenvalue weighted by Crippen LogP contribution is -2.62.